The summed E-state index contributed by atoms with van der Waals surface area (Å²) in [5.41, 5.74) is 7.92. The number of halogens is 1. The van der Waals surface area contributed by atoms with Gasteiger partial charge >= 0.3 is 0 Å². The number of pyridine rings is 1. The minimum absolute atomic E-state index is 0.0435. The molecule has 2 aromatic carbocycles. The minimum atomic E-state index is -0.0731. The summed E-state index contributed by atoms with van der Waals surface area (Å²) >= 11 is 9.47. The molecule has 0 aliphatic carbocycles. The Morgan fingerprint density at radius 2 is 1.63 bits per heavy atom. The summed E-state index contributed by atoms with van der Waals surface area (Å²) in [6.45, 7) is 4.35. The maximum atomic E-state index is 5.92. The van der Waals surface area contributed by atoms with E-state index in [-0.39, 0.29) is 12.1 Å². The van der Waals surface area contributed by atoms with Crippen molar-refractivity contribution < 1.29 is 0 Å². The first kappa shape index (κ1) is 23.6. The molecular weight excluding hydrogens is 518 g/mol. The molecule has 35 heavy (non-hydrogen) atoms. The van der Waals surface area contributed by atoms with Crippen molar-refractivity contribution in [3.8, 4) is 5.69 Å². The highest BCUT2D eigenvalue weighted by Gasteiger charge is 2.42. The molecule has 5 nitrogen and oxygen atoms in total. The molecule has 1 aliphatic heterocycles. The van der Waals surface area contributed by atoms with Crippen LogP contribution in [0.25, 0.3) is 5.69 Å². The van der Waals surface area contributed by atoms with Gasteiger partial charge < -0.3 is 19.7 Å². The Hall–Kier alpha value is -3.16. The van der Waals surface area contributed by atoms with Crippen molar-refractivity contribution in [2.45, 2.75) is 25.9 Å². The molecule has 7 heteroatoms. The second kappa shape index (κ2) is 9.47. The lowest BCUT2D eigenvalue weighted by Crippen LogP contribution is -2.29. The summed E-state index contributed by atoms with van der Waals surface area (Å²) in [7, 11) is 4.10. The SMILES string of the molecule is Cc1cc([C@H]2[C@@H](c3ccccn3)NC(=S)N2c2ccc(N(C)C)cc2)c(C)n1-c1ccc(Br)cc1. The first-order valence-electron chi connectivity index (χ1n) is 11.6. The molecule has 2 aromatic heterocycles. The highest BCUT2D eigenvalue weighted by molar-refractivity contribution is 9.10. The highest BCUT2D eigenvalue weighted by Crippen LogP contribution is 2.44. The zero-order chi connectivity index (χ0) is 24.7. The van der Waals surface area contributed by atoms with Gasteiger partial charge in [0.25, 0.3) is 0 Å². The standard InChI is InChI=1S/C28H28BrN5S/c1-18-17-24(19(2)33(18)22-10-8-20(29)9-11-22)27-26(25-7-5-6-16-30-25)31-28(35)34(27)23-14-12-21(13-15-23)32(3)4/h5-17,26-27H,1-4H3,(H,31,35)/t26-,27+/m1/s1. The fraction of sp³-hybridized carbons (Fsp3) is 0.214. The van der Waals surface area contributed by atoms with Gasteiger partial charge in [0, 0.05) is 53.2 Å². The Morgan fingerprint density at radius 3 is 2.26 bits per heavy atom. The van der Waals surface area contributed by atoms with Gasteiger partial charge in [0.05, 0.1) is 17.8 Å². The lowest BCUT2D eigenvalue weighted by molar-refractivity contribution is 0.565. The summed E-state index contributed by atoms with van der Waals surface area (Å²) in [5.74, 6) is 0. The van der Waals surface area contributed by atoms with Crippen molar-refractivity contribution in [3.63, 3.8) is 0 Å². The molecule has 178 valence electrons. The summed E-state index contributed by atoms with van der Waals surface area (Å²) in [5, 5.41) is 4.28. The maximum absolute atomic E-state index is 5.92. The zero-order valence-corrected chi connectivity index (χ0v) is 22.6. The first-order chi connectivity index (χ1) is 16.8. The van der Waals surface area contributed by atoms with Crippen LogP contribution in [0, 0.1) is 13.8 Å². The fourth-order valence-electron chi connectivity index (χ4n) is 4.93. The Balaban J connectivity index is 1.65. The van der Waals surface area contributed by atoms with Crippen molar-refractivity contribution >= 4 is 44.6 Å². The molecule has 1 saturated heterocycles. The number of nitrogens with zero attached hydrogens (tertiary/aromatic N) is 4. The van der Waals surface area contributed by atoms with Gasteiger partial charge in [-0.1, -0.05) is 22.0 Å². The van der Waals surface area contributed by atoms with Gasteiger partial charge in [-0.05, 0) is 98.4 Å². The number of aromatic nitrogens is 2. The molecule has 0 amide bonds. The Labute approximate surface area is 220 Å². The predicted octanol–water partition coefficient (Wildman–Crippen LogP) is 6.49. The highest BCUT2D eigenvalue weighted by atomic mass is 79.9. The van der Waals surface area contributed by atoms with E-state index < -0.39 is 0 Å². The van der Waals surface area contributed by atoms with Gasteiger partial charge in [0.15, 0.2) is 5.11 Å². The first-order valence-corrected chi connectivity index (χ1v) is 12.8. The van der Waals surface area contributed by atoms with E-state index in [4.69, 9.17) is 17.2 Å². The van der Waals surface area contributed by atoms with Crippen LogP contribution in [0.15, 0.2) is 83.5 Å². The number of anilines is 2. The van der Waals surface area contributed by atoms with E-state index in [9.17, 15) is 0 Å². The monoisotopic (exact) mass is 545 g/mol. The van der Waals surface area contributed by atoms with E-state index in [0.717, 1.165) is 27.2 Å². The lowest BCUT2D eigenvalue weighted by Gasteiger charge is -2.28. The molecule has 0 unspecified atom stereocenters. The average Bonchev–Trinajstić information content (AvgIpc) is 3.35. The Bertz CT molecular complexity index is 1350. The number of rotatable bonds is 5. The van der Waals surface area contributed by atoms with Crippen LogP contribution in [0.5, 0.6) is 0 Å². The molecule has 1 N–H and O–H groups in total. The molecule has 0 saturated carbocycles. The normalized spacial score (nSPS) is 17.5. The van der Waals surface area contributed by atoms with Crippen LogP contribution in [0.2, 0.25) is 0 Å². The smallest absolute Gasteiger partial charge is 0.174 e. The van der Waals surface area contributed by atoms with Gasteiger partial charge in [0.1, 0.15) is 0 Å². The van der Waals surface area contributed by atoms with Gasteiger partial charge in [-0.2, -0.15) is 0 Å². The second-order valence-electron chi connectivity index (χ2n) is 9.05. The quantitative estimate of drug-likeness (QED) is 0.290. The van der Waals surface area contributed by atoms with E-state index in [1.807, 2.05) is 32.4 Å². The van der Waals surface area contributed by atoms with Crippen molar-refractivity contribution in [2.75, 3.05) is 23.9 Å². The van der Waals surface area contributed by atoms with Crippen LogP contribution in [-0.2, 0) is 0 Å². The third kappa shape index (κ3) is 4.34. The van der Waals surface area contributed by atoms with Crippen LogP contribution >= 0.6 is 28.1 Å². The molecule has 2 atom stereocenters. The van der Waals surface area contributed by atoms with E-state index in [2.05, 4.69) is 110 Å². The summed E-state index contributed by atoms with van der Waals surface area (Å²) < 4.78 is 3.38. The molecule has 1 aliphatic rings. The van der Waals surface area contributed by atoms with Crippen LogP contribution in [0.4, 0.5) is 11.4 Å². The van der Waals surface area contributed by atoms with Gasteiger partial charge in [-0.25, -0.2) is 0 Å². The zero-order valence-electron chi connectivity index (χ0n) is 20.2. The average molecular weight is 547 g/mol. The molecular formula is C28H28BrN5S. The molecule has 5 rings (SSSR count). The summed E-state index contributed by atoms with van der Waals surface area (Å²) in [6, 6.07) is 25.2. The molecule has 0 spiro atoms. The number of aryl methyl sites for hydroxylation is 1. The molecule has 4 aromatic rings. The topological polar surface area (TPSA) is 36.3 Å². The molecule has 3 heterocycles. The van der Waals surface area contributed by atoms with Crippen LogP contribution in [0.3, 0.4) is 0 Å². The number of hydrogen-bond donors (Lipinski definition) is 1. The third-order valence-electron chi connectivity index (χ3n) is 6.62. The van der Waals surface area contributed by atoms with Gasteiger partial charge in [-0.3, -0.25) is 4.98 Å². The second-order valence-corrected chi connectivity index (χ2v) is 10.3. The summed E-state index contributed by atoms with van der Waals surface area (Å²) in [4.78, 5) is 9.04. The van der Waals surface area contributed by atoms with E-state index >= 15 is 0 Å². The number of hydrogen-bond acceptors (Lipinski definition) is 3. The van der Waals surface area contributed by atoms with E-state index in [0.29, 0.717) is 5.11 Å². The van der Waals surface area contributed by atoms with Crippen LogP contribution in [-0.4, -0.2) is 28.8 Å². The third-order valence-corrected chi connectivity index (χ3v) is 7.46. The molecule has 0 radical (unpaired) electrons. The number of thiocarbonyl (C=S) groups is 1. The van der Waals surface area contributed by atoms with E-state index in [1.165, 1.54) is 17.0 Å². The van der Waals surface area contributed by atoms with Crippen molar-refractivity contribution in [3.05, 3.63) is 106 Å². The Kier molecular flexibility index (Phi) is 6.38. The largest absolute Gasteiger partial charge is 0.378 e. The van der Waals surface area contributed by atoms with Gasteiger partial charge in [0.2, 0.25) is 0 Å². The van der Waals surface area contributed by atoms with Gasteiger partial charge in [-0.15, -0.1) is 0 Å². The summed E-state index contributed by atoms with van der Waals surface area (Å²) in [6.07, 6.45) is 1.84. The van der Waals surface area contributed by atoms with Crippen molar-refractivity contribution in [2.24, 2.45) is 0 Å². The number of benzene rings is 2. The van der Waals surface area contributed by atoms with Crippen LogP contribution in [0.1, 0.15) is 34.7 Å². The lowest BCUT2D eigenvalue weighted by atomic mass is 9.96. The Morgan fingerprint density at radius 1 is 0.943 bits per heavy atom. The number of nitrogens with one attached hydrogen (secondary N) is 1. The fourth-order valence-corrected chi connectivity index (χ4v) is 5.55. The predicted molar refractivity (Wildman–Crippen MR) is 152 cm³/mol. The molecule has 1 fully saturated rings. The minimum Gasteiger partial charge on any atom is -0.378 e. The molecule has 0 bridgehead atoms. The van der Waals surface area contributed by atoms with Crippen molar-refractivity contribution in [1.29, 1.82) is 0 Å². The van der Waals surface area contributed by atoms with E-state index in [1.54, 1.807) is 0 Å². The van der Waals surface area contributed by atoms with Crippen molar-refractivity contribution in [1.82, 2.24) is 14.9 Å². The maximum Gasteiger partial charge on any atom is 0.174 e. The van der Waals surface area contributed by atoms with Crippen LogP contribution < -0.4 is 15.1 Å².